The summed E-state index contributed by atoms with van der Waals surface area (Å²) in [7, 11) is 1.82. The molecule has 0 aliphatic carbocycles. The van der Waals surface area contributed by atoms with Gasteiger partial charge in [-0.05, 0) is 24.7 Å². The molecule has 2 aromatic carbocycles. The van der Waals surface area contributed by atoms with E-state index >= 15 is 0 Å². The van der Waals surface area contributed by atoms with Crippen LogP contribution in [0.4, 0.5) is 4.39 Å². The highest BCUT2D eigenvalue weighted by Gasteiger charge is 2.20. The predicted molar refractivity (Wildman–Crippen MR) is 85.6 cm³/mol. The lowest BCUT2D eigenvalue weighted by Crippen LogP contribution is -2.29. The highest BCUT2D eigenvalue weighted by molar-refractivity contribution is 5.74. The SMILES string of the molecule is CN(Cc1ccc(C#N)cc1F)[C@@H](CC(N)=O)c1ccccc1. The van der Waals surface area contributed by atoms with Crippen LogP contribution in [0.25, 0.3) is 0 Å². The Morgan fingerprint density at radius 2 is 2.00 bits per heavy atom. The highest BCUT2D eigenvalue weighted by atomic mass is 19.1. The first kappa shape index (κ1) is 16.7. The quantitative estimate of drug-likeness (QED) is 0.891. The van der Waals surface area contributed by atoms with Crippen LogP contribution < -0.4 is 5.73 Å². The maximum atomic E-state index is 14.1. The monoisotopic (exact) mass is 311 g/mol. The molecule has 0 aliphatic heterocycles. The molecule has 0 saturated heterocycles. The summed E-state index contributed by atoms with van der Waals surface area (Å²) in [6.45, 7) is 0.310. The van der Waals surface area contributed by atoms with Gasteiger partial charge in [-0.15, -0.1) is 0 Å². The van der Waals surface area contributed by atoms with Gasteiger partial charge < -0.3 is 5.73 Å². The Labute approximate surface area is 134 Å². The van der Waals surface area contributed by atoms with Gasteiger partial charge in [0.25, 0.3) is 0 Å². The molecule has 0 aromatic heterocycles. The van der Waals surface area contributed by atoms with Gasteiger partial charge in [-0.2, -0.15) is 5.26 Å². The molecule has 0 radical (unpaired) electrons. The molecule has 0 unspecified atom stereocenters. The number of nitriles is 1. The number of nitrogens with zero attached hydrogens (tertiary/aromatic N) is 2. The summed E-state index contributed by atoms with van der Waals surface area (Å²) in [6, 6.07) is 15.6. The first-order chi connectivity index (χ1) is 11.0. The Balaban J connectivity index is 2.23. The van der Waals surface area contributed by atoms with Crippen molar-refractivity contribution in [2.24, 2.45) is 5.73 Å². The number of rotatable bonds is 6. The lowest BCUT2D eigenvalue weighted by Gasteiger charge is -2.28. The van der Waals surface area contributed by atoms with Crippen LogP contribution in [-0.2, 0) is 11.3 Å². The zero-order chi connectivity index (χ0) is 16.8. The van der Waals surface area contributed by atoms with E-state index in [1.54, 1.807) is 12.1 Å². The molecule has 1 atom stereocenters. The molecule has 23 heavy (non-hydrogen) atoms. The van der Waals surface area contributed by atoms with E-state index in [0.29, 0.717) is 12.1 Å². The van der Waals surface area contributed by atoms with Gasteiger partial charge >= 0.3 is 0 Å². The second kappa shape index (κ2) is 7.52. The molecular formula is C18H18FN3O. The minimum absolute atomic E-state index is 0.151. The lowest BCUT2D eigenvalue weighted by atomic mass is 10.0. The number of nitrogens with two attached hydrogens (primary N) is 1. The summed E-state index contributed by atoms with van der Waals surface area (Å²) in [5.41, 5.74) is 7.05. The van der Waals surface area contributed by atoms with Crippen molar-refractivity contribution in [3.05, 3.63) is 71.0 Å². The van der Waals surface area contributed by atoms with Crippen LogP contribution in [-0.4, -0.2) is 17.9 Å². The number of hydrogen-bond acceptors (Lipinski definition) is 3. The second-order valence-electron chi connectivity index (χ2n) is 5.43. The molecule has 0 saturated carbocycles. The van der Waals surface area contributed by atoms with E-state index in [-0.39, 0.29) is 18.0 Å². The Morgan fingerprint density at radius 3 is 2.57 bits per heavy atom. The maximum Gasteiger partial charge on any atom is 0.219 e. The maximum absolute atomic E-state index is 14.1. The highest BCUT2D eigenvalue weighted by Crippen LogP contribution is 2.25. The third-order valence-corrected chi connectivity index (χ3v) is 3.71. The summed E-state index contributed by atoms with van der Waals surface area (Å²) in [6.07, 6.45) is 0.151. The van der Waals surface area contributed by atoms with Crippen LogP contribution in [0, 0.1) is 17.1 Å². The van der Waals surface area contributed by atoms with Crippen LogP contribution in [0.1, 0.15) is 29.2 Å². The fourth-order valence-corrected chi connectivity index (χ4v) is 2.52. The number of hydrogen-bond donors (Lipinski definition) is 1. The van der Waals surface area contributed by atoms with Crippen molar-refractivity contribution in [1.82, 2.24) is 4.90 Å². The number of halogens is 1. The third kappa shape index (κ3) is 4.38. The summed E-state index contributed by atoms with van der Waals surface area (Å²) < 4.78 is 14.1. The van der Waals surface area contributed by atoms with Crippen LogP contribution in [0.2, 0.25) is 0 Å². The van der Waals surface area contributed by atoms with E-state index < -0.39 is 11.7 Å². The van der Waals surface area contributed by atoms with Crippen molar-refractivity contribution in [2.45, 2.75) is 19.0 Å². The summed E-state index contributed by atoms with van der Waals surface area (Å²) in [5, 5.41) is 8.79. The minimum atomic E-state index is -0.429. The fraction of sp³-hybridized carbons (Fsp3) is 0.222. The first-order valence-electron chi connectivity index (χ1n) is 7.23. The fourth-order valence-electron chi connectivity index (χ4n) is 2.52. The van der Waals surface area contributed by atoms with Crippen LogP contribution >= 0.6 is 0 Å². The van der Waals surface area contributed by atoms with Crippen molar-refractivity contribution in [1.29, 1.82) is 5.26 Å². The summed E-state index contributed by atoms with van der Waals surface area (Å²) in [5.74, 6) is -0.840. The number of amides is 1. The minimum Gasteiger partial charge on any atom is -0.370 e. The van der Waals surface area contributed by atoms with Gasteiger partial charge in [0, 0.05) is 24.6 Å². The van der Waals surface area contributed by atoms with Crippen molar-refractivity contribution >= 4 is 5.91 Å². The van der Waals surface area contributed by atoms with Crippen LogP contribution in [0.3, 0.4) is 0 Å². The van der Waals surface area contributed by atoms with Gasteiger partial charge in [-0.1, -0.05) is 36.4 Å². The van der Waals surface area contributed by atoms with E-state index in [4.69, 9.17) is 11.0 Å². The molecule has 0 fully saturated rings. The van der Waals surface area contributed by atoms with Crippen molar-refractivity contribution in [3.63, 3.8) is 0 Å². The Morgan fingerprint density at radius 1 is 1.30 bits per heavy atom. The summed E-state index contributed by atoms with van der Waals surface area (Å²) >= 11 is 0. The van der Waals surface area contributed by atoms with Gasteiger partial charge in [0.05, 0.1) is 11.6 Å². The average molecular weight is 311 g/mol. The van der Waals surface area contributed by atoms with Gasteiger partial charge in [-0.25, -0.2) is 4.39 Å². The third-order valence-electron chi connectivity index (χ3n) is 3.71. The Hall–Kier alpha value is -2.71. The molecular weight excluding hydrogens is 293 g/mol. The molecule has 5 heteroatoms. The predicted octanol–water partition coefficient (Wildman–Crippen LogP) is 2.75. The molecule has 2 N–H and O–H groups in total. The Kier molecular flexibility index (Phi) is 5.45. The summed E-state index contributed by atoms with van der Waals surface area (Å²) in [4.78, 5) is 13.3. The van der Waals surface area contributed by atoms with Crippen LogP contribution in [0.15, 0.2) is 48.5 Å². The normalized spacial score (nSPS) is 11.9. The molecule has 2 aromatic rings. The van der Waals surface area contributed by atoms with Gasteiger partial charge in [0.15, 0.2) is 0 Å². The average Bonchev–Trinajstić information content (AvgIpc) is 2.55. The zero-order valence-electron chi connectivity index (χ0n) is 12.9. The zero-order valence-corrected chi connectivity index (χ0v) is 12.9. The van der Waals surface area contributed by atoms with Gasteiger partial charge in [0.1, 0.15) is 5.82 Å². The number of benzene rings is 2. The largest absolute Gasteiger partial charge is 0.370 e. The number of carbonyl (C=O) groups is 1. The van der Waals surface area contributed by atoms with Crippen LogP contribution in [0.5, 0.6) is 0 Å². The molecule has 0 spiro atoms. The van der Waals surface area contributed by atoms with E-state index in [1.807, 2.05) is 48.3 Å². The standard InChI is InChI=1S/C18H18FN3O/c1-22(12-15-8-7-13(11-20)9-16(15)19)17(10-18(21)23)14-5-3-2-4-6-14/h2-9,17H,10,12H2,1H3,(H2,21,23)/t17-/m0/s1. The molecule has 118 valence electrons. The number of carbonyl (C=O) groups excluding carboxylic acids is 1. The van der Waals surface area contributed by atoms with E-state index in [0.717, 1.165) is 5.56 Å². The Bertz CT molecular complexity index is 725. The van der Waals surface area contributed by atoms with Crippen molar-refractivity contribution in [2.75, 3.05) is 7.05 Å². The van der Waals surface area contributed by atoms with E-state index in [1.165, 1.54) is 6.07 Å². The smallest absolute Gasteiger partial charge is 0.219 e. The van der Waals surface area contributed by atoms with E-state index in [2.05, 4.69) is 0 Å². The van der Waals surface area contributed by atoms with Crippen molar-refractivity contribution in [3.8, 4) is 6.07 Å². The topological polar surface area (TPSA) is 70.1 Å². The molecule has 4 nitrogen and oxygen atoms in total. The molecule has 2 rings (SSSR count). The molecule has 0 aliphatic rings. The molecule has 1 amide bonds. The molecule has 0 heterocycles. The van der Waals surface area contributed by atoms with Gasteiger partial charge in [0.2, 0.25) is 5.91 Å². The first-order valence-corrected chi connectivity index (χ1v) is 7.23. The lowest BCUT2D eigenvalue weighted by molar-refractivity contribution is -0.119. The van der Waals surface area contributed by atoms with Gasteiger partial charge in [-0.3, -0.25) is 9.69 Å². The molecule has 0 bridgehead atoms. The van der Waals surface area contributed by atoms with Crippen molar-refractivity contribution < 1.29 is 9.18 Å². The van der Waals surface area contributed by atoms with E-state index in [9.17, 15) is 9.18 Å². The second-order valence-corrected chi connectivity index (χ2v) is 5.43. The number of primary amides is 1.